The lowest BCUT2D eigenvalue weighted by Crippen LogP contribution is -2.43. The lowest BCUT2D eigenvalue weighted by atomic mass is 9.76. The highest BCUT2D eigenvalue weighted by molar-refractivity contribution is 4.90. The molecule has 1 atom stereocenters. The topological polar surface area (TPSA) is 40.5 Å². The van der Waals surface area contributed by atoms with Crippen LogP contribution in [-0.4, -0.2) is 21.9 Å². The molecule has 2 aliphatic carbocycles. The van der Waals surface area contributed by atoms with Crippen LogP contribution in [0.15, 0.2) is 0 Å². The van der Waals surface area contributed by atoms with Gasteiger partial charge in [0.15, 0.2) is 0 Å². The van der Waals surface area contributed by atoms with Gasteiger partial charge in [-0.25, -0.2) is 0 Å². The van der Waals surface area contributed by atoms with Gasteiger partial charge in [0.2, 0.25) is 0 Å². The predicted molar refractivity (Wildman–Crippen MR) is 60.6 cm³/mol. The van der Waals surface area contributed by atoms with Crippen LogP contribution in [0.25, 0.3) is 0 Å². The minimum atomic E-state index is -0.758. The summed E-state index contributed by atoms with van der Waals surface area (Å²) in [6.45, 7) is 0. The van der Waals surface area contributed by atoms with Gasteiger partial charge in [-0.3, -0.25) is 0 Å². The number of rotatable bonds is 3. The molecule has 2 saturated carbocycles. The summed E-state index contributed by atoms with van der Waals surface area (Å²) < 4.78 is 0. The second kappa shape index (κ2) is 4.84. The molecule has 0 bridgehead atoms. The number of aliphatic hydroxyl groups excluding tert-OH is 1. The van der Waals surface area contributed by atoms with Crippen molar-refractivity contribution in [3.8, 4) is 0 Å². The van der Waals surface area contributed by atoms with Crippen LogP contribution in [0.4, 0.5) is 0 Å². The Labute approximate surface area is 92.7 Å². The third kappa shape index (κ3) is 2.73. The summed E-state index contributed by atoms with van der Waals surface area (Å²) >= 11 is 0. The van der Waals surface area contributed by atoms with E-state index in [1.54, 1.807) is 0 Å². The van der Waals surface area contributed by atoms with Crippen molar-refractivity contribution in [2.24, 2.45) is 5.92 Å². The van der Waals surface area contributed by atoms with Gasteiger partial charge < -0.3 is 10.2 Å². The van der Waals surface area contributed by atoms with Crippen molar-refractivity contribution in [1.82, 2.24) is 0 Å². The van der Waals surface area contributed by atoms with Crippen molar-refractivity contribution in [1.29, 1.82) is 0 Å². The predicted octanol–water partition coefficient (Wildman–Crippen LogP) is 2.62. The van der Waals surface area contributed by atoms with Crippen molar-refractivity contribution in [3.05, 3.63) is 0 Å². The SMILES string of the molecule is OC(CC1CCC1)C1(O)CCCCCC1. The Balaban J connectivity index is 1.86. The Hall–Kier alpha value is -0.0800. The second-order valence-electron chi connectivity index (χ2n) is 5.57. The fraction of sp³-hybridized carbons (Fsp3) is 1.00. The molecule has 1 unspecified atom stereocenters. The Morgan fingerprint density at radius 3 is 2.07 bits per heavy atom. The summed E-state index contributed by atoms with van der Waals surface area (Å²) in [5.74, 6) is 0.687. The van der Waals surface area contributed by atoms with Crippen molar-refractivity contribution in [3.63, 3.8) is 0 Å². The van der Waals surface area contributed by atoms with E-state index in [0.29, 0.717) is 5.92 Å². The van der Waals surface area contributed by atoms with Crippen LogP contribution in [0.3, 0.4) is 0 Å². The molecule has 0 aromatic carbocycles. The largest absolute Gasteiger partial charge is 0.390 e. The minimum Gasteiger partial charge on any atom is -0.390 e. The van der Waals surface area contributed by atoms with Crippen LogP contribution in [0.2, 0.25) is 0 Å². The monoisotopic (exact) mass is 212 g/mol. The van der Waals surface area contributed by atoms with E-state index in [0.717, 1.165) is 32.1 Å². The molecular formula is C13H24O2. The number of hydrogen-bond acceptors (Lipinski definition) is 2. The van der Waals surface area contributed by atoms with E-state index in [1.807, 2.05) is 0 Å². The highest BCUT2D eigenvalue weighted by Gasteiger charge is 2.37. The zero-order chi connectivity index (χ0) is 10.7. The van der Waals surface area contributed by atoms with E-state index in [4.69, 9.17) is 0 Å². The first-order chi connectivity index (χ1) is 7.21. The molecular weight excluding hydrogens is 188 g/mol. The fourth-order valence-electron chi connectivity index (χ4n) is 2.94. The molecule has 2 heteroatoms. The molecule has 2 N–H and O–H groups in total. The molecule has 0 aliphatic heterocycles. The number of hydrogen-bond donors (Lipinski definition) is 2. The molecule has 2 nitrogen and oxygen atoms in total. The first kappa shape index (κ1) is 11.4. The van der Waals surface area contributed by atoms with E-state index in [1.165, 1.54) is 32.1 Å². The first-order valence-corrected chi connectivity index (χ1v) is 6.61. The van der Waals surface area contributed by atoms with E-state index in [2.05, 4.69) is 0 Å². The zero-order valence-electron chi connectivity index (χ0n) is 9.62. The van der Waals surface area contributed by atoms with Gasteiger partial charge in [-0.2, -0.15) is 0 Å². The normalized spacial score (nSPS) is 29.2. The maximum absolute atomic E-state index is 10.4. The molecule has 2 aliphatic rings. The van der Waals surface area contributed by atoms with Crippen LogP contribution in [-0.2, 0) is 0 Å². The van der Waals surface area contributed by atoms with Gasteiger partial charge in [0, 0.05) is 0 Å². The van der Waals surface area contributed by atoms with Crippen molar-refractivity contribution >= 4 is 0 Å². The van der Waals surface area contributed by atoms with Gasteiger partial charge in [-0.1, -0.05) is 44.9 Å². The highest BCUT2D eigenvalue weighted by Crippen LogP contribution is 2.37. The first-order valence-electron chi connectivity index (χ1n) is 6.61. The van der Waals surface area contributed by atoms with Crippen molar-refractivity contribution < 1.29 is 10.2 Å². The molecule has 15 heavy (non-hydrogen) atoms. The van der Waals surface area contributed by atoms with E-state index >= 15 is 0 Å². The second-order valence-corrected chi connectivity index (χ2v) is 5.57. The maximum atomic E-state index is 10.4. The lowest BCUT2D eigenvalue weighted by Gasteiger charge is -2.36. The molecule has 0 aromatic rings. The minimum absolute atomic E-state index is 0.471. The lowest BCUT2D eigenvalue weighted by molar-refractivity contribution is -0.0964. The van der Waals surface area contributed by atoms with Gasteiger partial charge in [-0.15, -0.1) is 0 Å². The molecule has 2 rings (SSSR count). The van der Waals surface area contributed by atoms with E-state index < -0.39 is 11.7 Å². The molecule has 0 saturated heterocycles. The summed E-state index contributed by atoms with van der Waals surface area (Å²) in [4.78, 5) is 0. The van der Waals surface area contributed by atoms with Crippen LogP contribution in [0.5, 0.6) is 0 Å². The molecule has 0 spiro atoms. The van der Waals surface area contributed by atoms with Gasteiger partial charge >= 0.3 is 0 Å². The van der Waals surface area contributed by atoms with Crippen molar-refractivity contribution in [2.45, 2.75) is 75.9 Å². The van der Waals surface area contributed by atoms with Crippen LogP contribution in [0.1, 0.15) is 64.2 Å². The molecule has 0 heterocycles. The average Bonchev–Trinajstić information content (AvgIpc) is 2.37. The zero-order valence-corrected chi connectivity index (χ0v) is 9.62. The molecule has 0 aromatic heterocycles. The van der Waals surface area contributed by atoms with E-state index in [-0.39, 0.29) is 0 Å². The van der Waals surface area contributed by atoms with Gasteiger partial charge in [0.25, 0.3) is 0 Å². The van der Waals surface area contributed by atoms with Gasteiger partial charge in [0.05, 0.1) is 11.7 Å². The summed E-state index contributed by atoms with van der Waals surface area (Å²) in [5, 5.41) is 20.6. The summed E-state index contributed by atoms with van der Waals surface area (Å²) in [5.41, 5.74) is -0.758. The quantitative estimate of drug-likeness (QED) is 0.706. The standard InChI is InChI=1S/C13H24O2/c14-12(10-11-6-5-7-11)13(15)8-3-1-2-4-9-13/h11-12,14-15H,1-10H2. The van der Waals surface area contributed by atoms with Crippen molar-refractivity contribution in [2.75, 3.05) is 0 Å². The summed E-state index contributed by atoms with van der Waals surface area (Å²) in [6.07, 6.45) is 10.4. The Bertz CT molecular complexity index is 191. The molecule has 2 fully saturated rings. The Kier molecular flexibility index (Phi) is 3.68. The highest BCUT2D eigenvalue weighted by atomic mass is 16.3. The van der Waals surface area contributed by atoms with Gasteiger partial charge in [0.1, 0.15) is 0 Å². The van der Waals surface area contributed by atoms with Crippen LogP contribution < -0.4 is 0 Å². The van der Waals surface area contributed by atoms with Crippen LogP contribution >= 0.6 is 0 Å². The van der Waals surface area contributed by atoms with E-state index in [9.17, 15) is 10.2 Å². The average molecular weight is 212 g/mol. The van der Waals surface area contributed by atoms with Crippen LogP contribution in [0, 0.1) is 5.92 Å². The number of aliphatic hydroxyl groups is 2. The smallest absolute Gasteiger partial charge is 0.0905 e. The third-order valence-corrected chi connectivity index (χ3v) is 4.37. The summed E-state index contributed by atoms with van der Waals surface area (Å²) in [6, 6.07) is 0. The van der Waals surface area contributed by atoms with Gasteiger partial charge in [-0.05, 0) is 25.2 Å². The molecule has 0 radical (unpaired) electrons. The maximum Gasteiger partial charge on any atom is 0.0905 e. The molecule has 88 valence electrons. The third-order valence-electron chi connectivity index (χ3n) is 4.37. The Morgan fingerprint density at radius 2 is 1.60 bits per heavy atom. The summed E-state index contributed by atoms with van der Waals surface area (Å²) in [7, 11) is 0. The Morgan fingerprint density at radius 1 is 1.00 bits per heavy atom. The fourth-order valence-corrected chi connectivity index (χ4v) is 2.94. The molecule has 0 amide bonds.